The number of benzene rings is 1. The van der Waals surface area contributed by atoms with Crippen molar-refractivity contribution in [1.82, 2.24) is 15.0 Å². The van der Waals surface area contributed by atoms with E-state index in [4.69, 9.17) is 0 Å². The Balaban J connectivity index is 2.17. The maximum absolute atomic E-state index is 11.3. The van der Waals surface area contributed by atoms with Crippen LogP contribution in [0.1, 0.15) is 47.4 Å². The zero-order valence-electron chi connectivity index (χ0n) is 11.0. The summed E-state index contributed by atoms with van der Waals surface area (Å²) in [6, 6.07) is 5.93. The van der Waals surface area contributed by atoms with Gasteiger partial charge in [0, 0.05) is 10.4 Å². The van der Waals surface area contributed by atoms with Crippen molar-refractivity contribution in [2.24, 2.45) is 0 Å². The van der Waals surface area contributed by atoms with Gasteiger partial charge in [-0.25, -0.2) is 9.48 Å². The summed E-state index contributed by atoms with van der Waals surface area (Å²) in [6.07, 6.45) is 2.86. The van der Waals surface area contributed by atoms with Crippen molar-refractivity contribution in [2.45, 2.75) is 32.1 Å². The molecule has 1 aromatic heterocycles. The first-order valence-electron chi connectivity index (χ1n) is 6.59. The van der Waals surface area contributed by atoms with Crippen molar-refractivity contribution in [1.29, 1.82) is 0 Å². The van der Waals surface area contributed by atoms with Gasteiger partial charge in [-0.3, -0.25) is 0 Å². The number of rotatable bonds is 4. The number of aromatic nitrogens is 3. The average molecular weight is 336 g/mol. The summed E-state index contributed by atoms with van der Waals surface area (Å²) in [5.74, 6) is -0.738. The first-order valence-corrected chi connectivity index (χ1v) is 7.38. The predicted molar refractivity (Wildman–Crippen MR) is 77.4 cm³/mol. The number of carbonyl (C=O) groups is 1. The normalized spacial score (nSPS) is 14.5. The fraction of sp³-hybridized carbons (Fsp3) is 0.357. The van der Waals surface area contributed by atoms with Crippen molar-refractivity contribution < 1.29 is 9.90 Å². The molecule has 1 saturated carbocycles. The smallest absolute Gasteiger partial charge is 0.358 e. The molecule has 3 rings (SSSR count). The van der Waals surface area contributed by atoms with Gasteiger partial charge in [-0.15, -0.1) is 5.10 Å². The van der Waals surface area contributed by atoms with Crippen LogP contribution >= 0.6 is 15.9 Å². The van der Waals surface area contributed by atoms with Crippen LogP contribution in [0.4, 0.5) is 0 Å². The predicted octanol–water partition coefficient (Wildman–Crippen LogP) is 3.17. The minimum atomic E-state index is -1.01. The first-order chi connectivity index (χ1) is 9.61. The number of carboxylic acids is 1. The molecule has 0 unspecified atom stereocenters. The molecule has 1 aliphatic carbocycles. The third kappa shape index (κ3) is 2.24. The van der Waals surface area contributed by atoms with Crippen LogP contribution in [0.2, 0.25) is 0 Å². The maximum Gasteiger partial charge on any atom is 0.358 e. The van der Waals surface area contributed by atoms with E-state index in [2.05, 4.69) is 33.2 Å². The van der Waals surface area contributed by atoms with Crippen LogP contribution in [0.5, 0.6) is 0 Å². The summed E-state index contributed by atoms with van der Waals surface area (Å²) < 4.78 is 2.71. The zero-order valence-corrected chi connectivity index (χ0v) is 12.6. The van der Waals surface area contributed by atoms with Gasteiger partial charge in [0.15, 0.2) is 5.69 Å². The van der Waals surface area contributed by atoms with Gasteiger partial charge in [-0.2, -0.15) is 0 Å². The Kier molecular flexibility index (Phi) is 3.33. The van der Waals surface area contributed by atoms with Crippen LogP contribution in [-0.2, 0) is 6.42 Å². The number of nitrogens with zero attached hydrogens (tertiary/aromatic N) is 3. The molecular weight excluding hydrogens is 322 g/mol. The van der Waals surface area contributed by atoms with E-state index in [1.54, 1.807) is 4.68 Å². The van der Waals surface area contributed by atoms with Gasteiger partial charge in [-0.05, 0) is 43.0 Å². The second kappa shape index (κ2) is 5.01. The number of aryl methyl sites for hydroxylation is 1. The molecule has 0 atom stereocenters. The number of hydrogen-bond donors (Lipinski definition) is 1. The second-order valence-corrected chi connectivity index (χ2v) is 5.86. The first kappa shape index (κ1) is 13.3. The molecule has 104 valence electrons. The summed E-state index contributed by atoms with van der Waals surface area (Å²) in [4.78, 5) is 11.3. The van der Waals surface area contributed by atoms with Gasteiger partial charge in [0.05, 0.1) is 11.4 Å². The van der Waals surface area contributed by atoms with E-state index in [9.17, 15) is 9.90 Å². The second-order valence-electron chi connectivity index (χ2n) is 4.94. The topological polar surface area (TPSA) is 68.0 Å². The molecule has 1 aliphatic rings. The Morgan fingerprint density at radius 3 is 2.85 bits per heavy atom. The average Bonchev–Trinajstić information content (AvgIpc) is 3.17. The van der Waals surface area contributed by atoms with E-state index < -0.39 is 5.97 Å². The van der Waals surface area contributed by atoms with E-state index in [0.29, 0.717) is 0 Å². The van der Waals surface area contributed by atoms with Crippen LogP contribution in [0.25, 0.3) is 5.69 Å². The zero-order chi connectivity index (χ0) is 14.3. The molecule has 5 nitrogen and oxygen atoms in total. The van der Waals surface area contributed by atoms with Gasteiger partial charge < -0.3 is 5.11 Å². The Morgan fingerprint density at radius 2 is 2.25 bits per heavy atom. The van der Waals surface area contributed by atoms with Crippen LogP contribution in [0.3, 0.4) is 0 Å². The molecule has 20 heavy (non-hydrogen) atoms. The molecule has 1 fully saturated rings. The minimum absolute atomic E-state index is 0.0810. The van der Waals surface area contributed by atoms with Gasteiger partial charge in [0.1, 0.15) is 0 Å². The largest absolute Gasteiger partial charge is 0.476 e. The van der Waals surface area contributed by atoms with Crippen LogP contribution in [-0.4, -0.2) is 26.1 Å². The summed E-state index contributed by atoms with van der Waals surface area (Å²) >= 11 is 3.46. The van der Waals surface area contributed by atoms with Gasteiger partial charge in [0.25, 0.3) is 0 Å². The molecule has 0 radical (unpaired) electrons. The molecule has 1 N–H and O–H groups in total. The van der Waals surface area contributed by atoms with Crippen LogP contribution in [0.15, 0.2) is 22.7 Å². The third-order valence-electron chi connectivity index (χ3n) is 3.52. The molecular formula is C14H14BrN3O2. The lowest BCUT2D eigenvalue weighted by molar-refractivity contribution is 0.0689. The molecule has 2 aromatic rings. The minimum Gasteiger partial charge on any atom is -0.476 e. The molecule has 6 heteroatoms. The van der Waals surface area contributed by atoms with Crippen molar-refractivity contribution in [2.75, 3.05) is 0 Å². The Hall–Kier alpha value is -1.69. The lowest BCUT2D eigenvalue weighted by atomic mass is 10.1. The lowest BCUT2D eigenvalue weighted by Crippen LogP contribution is -2.07. The molecule has 0 spiro atoms. The van der Waals surface area contributed by atoms with Crippen molar-refractivity contribution >= 4 is 21.9 Å². The van der Waals surface area contributed by atoms with Gasteiger partial charge >= 0.3 is 5.97 Å². The molecule has 0 aliphatic heterocycles. The van der Waals surface area contributed by atoms with Crippen LogP contribution in [0, 0.1) is 0 Å². The molecule has 1 aromatic carbocycles. The number of aromatic carboxylic acids is 1. The van der Waals surface area contributed by atoms with E-state index in [0.717, 1.165) is 40.7 Å². The monoisotopic (exact) mass is 335 g/mol. The fourth-order valence-electron chi connectivity index (χ4n) is 2.39. The van der Waals surface area contributed by atoms with E-state index in [1.165, 1.54) is 0 Å². The Labute approximate surface area is 124 Å². The number of hydrogen-bond acceptors (Lipinski definition) is 3. The summed E-state index contributed by atoms with van der Waals surface area (Å²) in [5.41, 5.74) is 2.84. The van der Waals surface area contributed by atoms with Gasteiger partial charge in [-0.1, -0.05) is 28.1 Å². The summed E-state index contributed by atoms with van der Waals surface area (Å²) in [7, 11) is 0. The van der Waals surface area contributed by atoms with Crippen molar-refractivity contribution in [3.05, 3.63) is 39.6 Å². The highest BCUT2D eigenvalue weighted by atomic mass is 79.9. The van der Waals surface area contributed by atoms with Gasteiger partial charge in [0.2, 0.25) is 0 Å². The third-order valence-corrected chi connectivity index (χ3v) is 4.02. The van der Waals surface area contributed by atoms with Crippen molar-refractivity contribution in [3.63, 3.8) is 0 Å². The summed E-state index contributed by atoms with van der Waals surface area (Å²) in [5, 5.41) is 17.2. The SMILES string of the molecule is CCc1cc(Br)ccc1-n1nnc(C(=O)O)c1C1CC1. The number of carboxylic acid groups (broad SMARTS) is 1. The molecule has 1 heterocycles. The quantitative estimate of drug-likeness (QED) is 0.931. The molecule has 0 amide bonds. The standard InChI is InChI=1S/C14H14BrN3O2/c1-2-8-7-10(15)5-6-11(8)18-13(9-3-4-9)12(14(19)20)16-17-18/h5-7,9H,2-4H2,1H3,(H,19,20). The van der Waals surface area contributed by atoms with Crippen LogP contribution < -0.4 is 0 Å². The van der Waals surface area contributed by atoms with E-state index >= 15 is 0 Å². The summed E-state index contributed by atoms with van der Waals surface area (Å²) in [6.45, 7) is 2.07. The highest BCUT2D eigenvalue weighted by Crippen LogP contribution is 2.42. The fourth-order valence-corrected chi connectivity index (χ4v) is 2.79. The maximum atomic E-state index is 11.3. The Bertz CT molecular complexity index is 677. The lowest BCUT2D eigenvalue weighted by Gasteiger charge is -2.11. The van der Waals surface area contributed by atoms with E-state index in [1.807, 2.05) is 18.2 Å². The number of halogens is 1. The molecule has 0 saturated heterocycles. The van der Waals surface area contributed by atoms with Crippen molar-refractivity contribution in [3.8, 4) is 5.69 Å². The molecule has 0 bridgehead atoms. The van der Waals surface area contributed by atoms with E-state index in [-0.39, 0.29) is 11.6 Å². The highest BCUT2D eigenvalue weighted by Gasteiger charge is 2.34. The Morgan fingerprint density at radius 1 is 1.50 bits per heavy atom. The highest BCUT2D eigenvalue weighted by molar-refractivity contribution is 9.10.